The lowest BCUT2D eigenvalue weighted by Gasteiger charge is -2.29. The summed E-state index contributed by atoms with van der Waals surface area (Å²) in [5, 5.41) is 2.84. The van der Waals surface area contributed by atoms with Crippen molar-refractivity contribution in [3.05, 3.63) is 35.4 Å². The van der Waals surface area contributed by atoms with E-state index in [0.29, 0.717) is 6.42 Å². The van der Waals surface area contributed by atoms with Gasteiger partial charge in [-0.2, -0.15) is 0 Å². The Bertz CT molecular complexity index is 530. The van der Waals surface area contributed by atoms with Crippen LogP contribution >= 0.6 is 0 Å². The summed E-state index contributed by atoms with van der Waals surface area (Å²) in [5.41, 5.74) is 5.89. The highest BCUT2D eigenvalue weighted by atomic mass is 19.1. The molecular formula is C17H25F2N3O. The van der Waals surface area contributed by atoms with Gasteiger partial charge in [0.15, 0.2) is 0 Å². The molecule has 128 valence electrons. The zero-order valence-electron chi connectivity index (χ0n) is 13.7. The third-order valence-electron chi connectivity index (χ3n) is 4.51. The number of hydrogen-bond donors (Lipinski definition) is 2. The Morgan fingerprint density at radius 3 is 2.57 bits per heavy atom. The first-order valence-corrected chi connectivity index (χ1v) is 8.03. The van der Waals surface area contributed by atoms with Gasteiger partial charge in [0, 0.05) is 24.1 Å². The Morgan fingerprint density at radius 2 is 2.00 bits per heavy atom. The minimum absolute atomic E-state index is 0.0156. The van der Waals surface area contributed by atoms with E-state index >= 15 is 0 Å². The smallest absolute Gasteiger partial charge is 0.223 e. The van der Waals surface area contributed by atoms with Crippen molar-refractivity contribution in [3.63, 3.8) is 0 Å². The Labute approximate surface area is 136 Å². The summed E-state index contributed by atoms with van der Waals surface area (Å²) in [6.07, 6.45) is 3.38. The fourth-order valence-corrected chi connectivity index (χ4v) is 3.18. The van der Waals surface area contributed by atoms with E-state index in [1.54, 1.807) is 19.0 Å². The van der Waals surface area contributed by atoms with Crippen molar-refractivity contribution in [1.29, 1.82) is 0 Å². The van der Waals surface area contributed by atoms with Gasteiger partial charge >= 0.3 is 0 Å². The van der Waals surface area contributed by atoms with Crippen LogP contribution in [0.4, 0.5) is 8.78 Å². The highest BCUT2D eigenvalue weighted by molar-refractivity contribution is 5.78. The average Bonchev–Trinajstić information content (AvgIpc) is 2.49. The van der Waals surface area contributed by atoms with Crippen LogP contribution in [-0.4, -0.2) is 37.5 Å². The number of carbonyl (C=O) groups is 1. The van der Waals surface area contributed by atoms with Gasteiger partial charge in [-0.3, -0.25) is 4.79 Å². The van der Waals surface area contributed by atoms with Gasteiger partial charge < -0.3 is 16.0 Å². The molecule has 1 aliphatic rings. The van der Waals surface area contributed by atoms with Gasteiger partial charge in [-0.25, -0.2) is 8.78 Å². The molecule has 0 bridgehead atoms. The Hall–Kier alpha value is -1.53. The number of carbonyl (C=O) groups excluding carboxylic acids is 1. The molecular weight excluding hydrogens is 300 g/mol. The second-order valence-electron chi connectivity index (χ2n) is 6.48. The molecule has 0 saturated heterocycles. The molecule has 1 saturated carbocycles. The van der Waals surface area contributed by atoms with E-state index in [9.17, 15) is 13.6 Å². The monoisotopic (exact) mass is 325 g/mol. The fraction of sp³-hybridized carbons (Fsp3) is 0.588. The Kier molecular flexibility index (Phi) is 6.07. The highest BCUT2D eigenvalue weighted by Gasteiger charge is 2.27. The van der Waals surface area contributed by atoms with E-state index in [1.165, 1.54) is 18.2 Å². The summed E-state index contributed by atoms with van der Waals surface area (Å²) >= 11 is 0. The summed E-state index contributed by atoms with van der Waals surface area (Å²) in [7, 11) is 3.47. The van der Waals surface area contributed by atoms with Crippen molar-refractivity contribution in [1.82, 2.24) is 10.2 Å². The predicted octanol–water partition coefficient (Wildman–Crippen LogP) is 2.20. The summed E-state index contributed by atoms with van der Waals surface area (Å²) < 4.78 is 28.0. The molecule has 3 atom stereocenters. The second kappa shape index (κ2) is 7.84. The molecule has 2 rings (SSSR count). The molecule has 1 fully saturated rings. The van der Waals surface area contributed by atoms with Crippen LogP contribution in [0.25, 0.3) is 0 Å². The molecule has 1 aromatic carbocycles. The second-order valence-corrected chi connectivity index (χ2v) is 6.48. The highest BCUT2D eigenvalue weighted by Crippen LogP contribution is 2.26. The molecule has 0 radical (unpaired) electrons. The number of nitrogens with zero attached hydrogens (tertiary/aromatic N) is 1. The largest absolute Gasteiger partial charge is 0.354 e. The fourth-order valence-electron chi connectivity index (χ4n) is 3.18. The van der Waals surface area contributed by atoms with Crippen LogP contribution in [0.15, 0.2) is 18.2 Å². The molecule has 3 unspecified atom stereocenters. The number of nitrogens with two attached hydrogens (primary N) is 1. The molecule has 0 aliphatic heterocycles. The van der Waals surface area contributed by atoms with Crippen molar-refractivity contribution < 1.29 is 13.6 Å². The number of rotatable bonds is 5. The van der Waals surface area contributed by atoms with E-state index in [4.69, 9.17) is 5.73 Å². The standard InChI is InChI=1S/C17H25F2N3O/c1-22(2)15(16-13(18)7-4-8-14(16)19)10-21-17(23)11-5-3-6-12(20)9-11/h4,7-8,11-12,15H,3,5-6,9-10,20H2,1-2H3,(H,21,23). The topological polar surface area (TPSA) is 58.4 Å². The normalized spacial score (nSPS) is 22.9. The van der Waals surface area contributed by atoms with Crippen LogP contribution in [0, 0.1) is 17.6 Å². The van der Waals surface area contributed by atoms with E-state index < -0.39 is 17.7 Å². The number of nitrogens with one attached hydrogen (secondary N) is 1. The van der Waals surface area contributed by atoms with E-state index in [-0.39, 0.29) is 30.0 Å². The first-order chi connectivity index (χ1) is 10.9. The maximum absolute atomic E-state index is 14.0. The zero-order chi connectivity index (χ0) is 17.0. The number of benzene rings is 1. The summed E-state index contributed by atoms with van der Waals surface area (Å²) in [5.74, 6) is -1.38. The lowest BCUT2D eigenvalue weighted by Crippen LogP contribution is -2.41. The SMILES string of the molecule is CN(C)C(CNC(=O)C1CCCC(N)C1)c1c(F)cccc1F. The van der Waals surface area contributed by atoms with Gasteiger partial charge in [0.25, 0.3) is 0 Å². The maximum atomic E-state index is 14.0. The van der Waals surface area contributed by atoms with Crippen LogP contribution < -0.4 is 11.1 Å². The molecule has 1 aliphatic carbocycles. The number of amides is 1. The van der Waals surface area contributed by atoms with E-state index in [0.717, 1.165) is 19.3 Å². The van der Waals surface area contributed by atoms with Crippen LogP contribution in [0.5, 0.6) is 0 Å². The van der Waals surface area contributed by atoms with Crippen molar-refractivity contribution in [3.8, 4) is 0 Å². The quantitative estimate of drug-likeness (QED) is 0.872. The first kappa shape index (κ1) is 17.8. The molecule has 4 nitrogen and oxygen atoms in total. The third-order valence-corrected chi connectivity index (χ3v) is 4.51. The molecule has 1 aromatic rings. The number of halogens is 2. The van der Waals surface area contributed by atoms with Crippen molar-refractivity contribution in [2.24, 2.45) is 11.7 Å². The molecule has 6 heteroatoms. The maximum Gasteiger partial charge on any atom is 0.223 e. The number of likely N-dealkylation sites (N-methyl/N-ethyl adjacent to an activating group) is 1. The lowest BCUT2D eigenvalue weighted by atomic mass is 9.85. The van der Waals surface area contributed by atoms with Crippen LogP contribution in [0.2, 0.25) is 0 Å². The third kappa shape index (κ3) is 4.48. The summed E-state index contributed by atoms with van der Waals surface area (Å²) in [6.45, 7) is 0.162. The van der Waals surface area contributed by atoms with Crippen LogP contribution in [0.1, 0.15) is 37.3 Å². The van der Waals surface area contributed by atoms with Gasteiger partial charge in [0.1, 0.15) is 11.6 Å². The summed E-state index contributed by atoms with van der Waals surface area (Å²) in [4.78, 5) is 14.0. The Morgan fingerprint density at radius 1 is 1.35 bits per heavy atom. The van der Waals surface area contributed by atoms with Crippen molar-refractivity contribution in [2.75, 3.05) is 20.6 Å². The minimum Gasteiger partial charge on any atom is -0.354 e. The molecule has 3 N–H and O–H groups in total. The lowest BCUT2D eigenvalue weighted by molar-refractivity contribution is -0.126. The average molecular weight is 325 g/mol. The van der Waals surface area contributed by atoms with Crippen LogP contribution in [-0.2, 0) is 4.79 Å². The van der Waals surface area contributed by atoms with Gasteiger partial charge in [0.2, 0.25) is 5.91 Å². The number of hydrogen-bond acceptors (Lipinski definition) is 3. The Balaban J connectivity index is 2.04. The summed E-state index contributed by atoms with van der Waals surface area (Å²) in [6, 6.07) is 3.31. The first-order valence-electron chi connectivity index (χ1n) is 8.03. The van der Waals surface area contributed by atoms with Gasteiger partial charge in [-0.1, -0.05) is 12.5 Å². The van der Waals surface area contributed by atoms with E-state index in [1.807, 2.05) is 0 Å². The molecule has 23 heavy (non-hydrogen) atoms. The van der Waals surface area contributed by atoms with Gasteiger partial charge in [-0.05, 0) is 45.5 Å². The van der Waals surface area contributed by atoms with Crippen LogP contribution in [0.3, 0.4) is 0 Å². The molecule has 0 heterocycles. The van der Waals surface area contributed by atoms with Gasteiger partial charge in [-0.15, -0.1) is 0 Å². The molecule has 1 amide bonds. The predicted molar refractivity (Wildman–Crippen MR) is 85.7 cm³/mol. The van der Waals surface area contributed by atoms with Crippen molar-refractivity contribution in [2.45, 2.75) is 37.8 Å². The minimum atomic E-state index is -0.599. The van der Waals surface area contributed by atoms with Crippen molar-refractivity contribution >= 4 is 5.91 Å². The molecule has 0 spiro atoms. The molecule has 0 aromatic heterocycles. The van der Waals surface area contributed by atoms with Gasteiger partial charge in [0.05, 0.1) is 6.04 Å². The van der Waals surface area contributed by atoms with E-state index in [2.05, 4.69) is 5.32 Å². The zero-order valence-corrected chi connectivity index (χ0v) is 13.7.